The molecule has 0 unspecified atom stereocenters. The van der Waals surface area contributed by atoms with Gasteiger partial charge in [-0.05, 0) is 24.6 Å². The van der Waals surface area contributed by atoms with E-state index in [0.717, 1.165) is 15.8 Å². The van der Waals surface area contributed by atoms with Crippen LogP contribution in [0.25, 0.3) is 11.3 Å². The Hall–Kier alpha value is -3.62. The molecule has 0 aliphatic heterocycles. The number of hydrogen-bond donors (Lipinski definition) is 1. The second-order valence-corrected chi connectivity index (χ2v) is 6.24. The molecule has 1 amide bonds. The third kappa shape index (κ3) is 5.68. The van der Waals surface area contributed by atoms with Crippen LogP contribution in [-0.4, -0.2) is 27.3 Å². The zero-order chi connectivity index (χ0) is 20.8. The van der Waals surface area contributed by atoms with Gasteiger partial charge in [0.1, 0.15) is 6.54 Å². The molecule has 3 aromatic rings. The van der Waals surface area contributed by atoms with Crippen LogP contribution < -0.4 is 15.6 Å². The van der Waals surface area contributed by atoms with Gasteiger partial charge >= 0.3 is 6.61 Å². The molecule has 2 heterocycles. The molecular weight excluding hydrogens is 382 g/mol. The number of halogens is 2. The molecule has 0 spiro atoms. The van der Waals surface area contributed by atoms with Crippen LogP contribution in [0, 0.1) is 6.92 Å². The fraction of sp³-hybridized carbons (Fsp3) is 0.200. The summed E-state index contributed by atoms with van der Waals surface area (Å²) in [6.45, 7) is -0.920. The lowest BCUT2D eigenvalue weighted by atomic mass is 10.1. The summed E-state index contributed by atoms with van der Waals surface area (Å²) in [4.78, 5) is 28.0. The minimum atomic E-state index is -2.97. The number of aryl methyl sites for hydroxylation is 1. The number of alkyl halides is 2. The zero-order valence-electron chi connectivity index (χ0n) is 15.5. The highest BCUT2D eigenvalue weighted by Crippen LogP contribution is 2.18. The standard InChI is InChI=1S/C20H18F2N4O3/c1-13-3-2-4-14(9-13)10-23-17(27)12-26-19(28)8-6-16(25-26)15-5-7-18(24-11-15)29-20(21)22/h2-9,11,20H,10,12H2,1H3,(H,23,27). The molecule has 29 heavy (non-hydrogen) atoms. The molecule has 3 rings (SSSR count). The van der Waals surface area contributed by atoms with Crippen LogP contribution in [0.15, 0.2) is 59.5 Å². The van der Waals surface area contributed by atoms with Gasteiger partial charge in [-0.3, -0.25) is 9.59 Å². The summed E-state index contributed by atoms with van der Waals surface area (Å²) in [5.41, 5.74) is 2.45. The van der Waals surface area contributed by atoms with Crippen molar-refractivity contribution in [2.24, 2.45) is 0 Å². The smallest absolute Gasteiger partial charge is 0.388 e. The topological polar surface area (TPSA) is 86.1 Å². The van der Waals surface area contributed by atoms with Crippen LogP contribution in [0.3, 0.4) is 0 Å². The van der Waals surface area contributed by atoms with Gasteiger partial charge in [-0.1, -0.05) is 29.8 Å². The summed E-state index contributed by atoms with van der Waals surface area (Å²) >= 11 is 0. The maximum absolute atomic E-state index is 12.2. The third-order valence-corrected chi connectivity index (χ3v) is 3.97. The molecule has 0 fully saturated rings. The maximum Gasteiger partial charge on any atom is 0.388 e. The number of nitrogens with one attached hydrogen (secondary N) is 1. The van der Waals surface area contributed by atoms with E-state index in [2.05, 4.69) is 20.1 Å². The van der Waals surface area contributed by atoms with Crippen molar-refractivity contribution in [1.82, 2.24) is 20.1 Å². The predicted octanol–water partition coefficient (Wildman–Crippen LogP) is 2.53. The molecule has 0 atom stereocenters. The lowest BCUT2D eigenvalue weighted by molar-refractivity contribution is -0.122. The molecule has 0 bridgehead atoms. The van der Waals surface area contributed by atoms with Crippen LogP contribution in [0.2, 0.25) is 0 Å². The number of pyridine rings is 1. The molecule has 1 aromatic carbocycles. The summed E-state index contributed by atoms with van der Waals surface area (Å²) in [5.74, 6) is -0.593. The van der Waals surface area contributed by atoms with Crippen molar-refractivity contribution >= 4 is 5.91 Å². The van der Waals surface area contributed by atoms with Gasteiger partial charge in [-0.15, -0.1) is 0 Å². The second-order valence-electron chi connectivity index (χ2n) is 6.24. The quantitative estimate of drug-likeness (QED) is 0.659. The molecule has 9 heteroatoms. The Morgan fingerprint density at radius 1 is 1.21 bits per heavy atom. The molecule has 0 aliphatic rings. The van der Waals surface area contributed by atoms with Gasteiger partial charge in [0, 0.05) is 30.4 Å². The van der Waals surface area contributed by atoms with Crippen molar-refractivity contribution in [2.75, 3.05) is 0 Å². The Morgan fingerprint density at radius 3 is 2.72 bits per heavy atom. The van der Waals surface area contributed by atoms with E-state index >= 15 is 0 Å². The molecule has 2 aromatic heterocycles. The predicted molar refractivity (Wildman–Crippen MR) is 101 cm³/mol. The fourth-order valence-corrected chi connectivity index (χ4v) is 2.62. The number of ether oxygens (including phenoxy) is 1. The van der Waals surface area contributed by atoms with E-state index in [1.807, 2.05) is 31.2 Å². The Kier molecular flexibility index (Phi) is 6.28. The molecule has 7 nitrogen and oxygen atoms in total. The first kappa shape index (κ1) is 20.1. The minimum Gasteiger partial charge on any atom is -0.417 e. The molecule has 0 saturated carbocycles. The Balaban J connectivity index is 1.68. The van der Waals surface area contributed by atoms with Gasteiger partial charge in [0.2, 0.25) is 11.8 Å². The van der Waals surface area contributed by atoms with Gasteiger partial charge in [0.25, 0.3) is 5.56 Å². The minimum absolute atomic E-state index is 0.229. The van der Waals surface area contributed by atoms with Crippen molar-refractivity contribution < 1.29 is 18.3 Å². The summed E-state index contributed by atoms with van der Waals surface area (Å²) < 4.78 is 29.6. The number of amides is 1. The van der Waals surface area contributed by atoms with Crippen LogP contribution in [0.5, 0.6) is 5.88 Å². The highest BCUT2D eigenvalue weighted by molar-refractivity contribution is 5.75. The molecule has 150 valence electrons. The van der Waals surface area contributed by atoms with Gasteiger partial charge in [-0.2, -0.15) is 13.9 Å². The summed E-state index contributed by atoms with van der Waals surface area (Å²) in [6.07, 6.45) is 1.30. The number of aromatic nitrogens is 3. The van der Waals surface area contributed by atoms with Crippen LogP contribution >= 0.6 is 0 Å². The SMILES string of the molecule is Cc1cccc(CNC(=O)Cn2nc(-c3ccc(OC(F)F)nc3)ccc2=O)c1. The maximum atomic E-state index is 12.2. The van der Waals surface area contributed by atoms with E-state index < -0.39 is 12.2 Å². The van der Waals surface area contributed by atoms with E-state index in [0.29, 0.717) is 17.8 Å². The van der Waals surface area contributed by atoms with E-state index in [1.165, 1.54) is 30.5 Å². The van der Waals surface area contributed by atoms with E-state index in [4.69, 9.17) is 0 Å². The number of carbonyl (C=O) groups is 1. The largest absolute Gasteiger partial charge is 0.417 e. The van der Waals surface area contributed by atoms with E-state index in [9.17, 15) is 18.4 Å². The number of nitrogens with zero attached hydrogens (tertiary/aromatic N) is 3. The highest BCUT2D eigenvalue weighted by Gasteiger charge is 2.10. The molecule has 1 N–H and O–H groups in total. The van der Waals surface area contributed by atoms with Gasteiger partial charge in [-0.25, -0.2) is 9.67 Å². The van der Waals surface area contributed by atoms with Gasteiger partial charge < -0.3 is 10.1 Å². The average Bonchev–Trinajstić information content (AvgIpc) is 2.68. The zero-order valence-corrected chi connectivity index (χ0v) is 15.5. The van der Waals surface area contributed by atoms with Crippen LogP contribution in [0.1, 0.15) is 11.1 Å². The number of carbonyl (C=O) groups excluding carboxylic acids is 1. The van der Waals surface area contributed by atoms with Crippen molar-refractivity contribution in [3.63, 3.8) is 0 Å². The fourth-order valence-electron chi connectivity index (χ4n) is 2.62. The molecule has 0 radical (unpaired) electrons. The third-order valence-electron chi connectivity index (χ3n) is 3.97. The summed E-state index contributed by atoms with van der Waals surface area (Å²) in [5, 5.41) is 6.90. The average molecular weight is 400 g/mol. The Bertz CT molecular complexity index is 1050. The molecular formula is C20H18F2N4O3. The lowest BCUT2D eigenvalue weighted by Crippen LogP contribution is -2.33. The number of rotatable bonds is 7. The first-order chi connectivity index (χ1) is 13.9. The first-order valence-electron chi connectivity index (χ1n) is 8.72. The normalized spacial score (nSPS) is 10.8. The number of hydrogen-bond acceptors (Lipinski definition) is 5. The highest BCUT2D eigenvalue weighted by atomic mass is 19.3. The second kappa shape index (κ2) is 9.05. The van der Waals surface area contributed by atoms with Gasteiger partial charge in [0.05, 0.1) is 5.69 Å². The monoisotopic (exact) mass is 400 g/mol. The van der Waals surface area contributed by atoms with Gasteiger partial charge in [0.15, 0.2) is 0 Å². The molecule has 0 saturated heterocycles. The van der Waals surface area contributed by atoms with Crippen LogP contribution in [-0.2, 0) is 17.9 Å². The summed E-state index contributed by atoms with van der Waals surface area (Å²) in [7, 11) is 0. The van der Waals surface area contributed by atoms with Crippen LogP contribution in [0.4, 0.5) is 8.78 Å². The Morgan fingerprint density at radius 2 is 2.03 bits per heavy atom. The Labute approximate surface area is 165 Å². The van der Waals surface area contributed by atoms with Crippen molar-refractivity contribution in [2.45, 2.75) is 26.6 Å². The molecule has 0 aliphatic carbocycles. The van der Waals surface area contributed by atoms with Crippen molar-refractivity contribution in [3.8, 4) is 17.1 Å². The van der Waals surface area contributed by atoms with E-state index in [1.54, 1.807) is 0 Å². The lowest BCUT2D eigenvalue weighted by Gasteiger charge is -2.09. The van der Waals surface area contributed by atoms with E-state index in [-0.39, 0.29) is 18.3 Å². The number of benzene rings is 1. The summed E-state index contributed by atoms with van der Waals surface area (Å²) in [6, 6.07) is 13.2. The first-order valence-corrected chi connectivity index (χ1v) is 8.72. The van der Waals surface area contributed by atoms with Crippen molar-refractivity contribution in [3.05, 3.63) is 76.2 Å². The van der Waals surface area contributed by atoms with Crippen molar-refractivity contribution in [1.29, 1.82) is 0 Å².